The van der Waals surface area contributed by atoms with E-state index in [0.29, 0.717) is 0 Å². The van der Waals surface area contributed by atoms with E-state index in [2.05, 4.69) is 38.5 Å². The maximum absolute atomic E-state index is 11.9. The lowest BCUT2D eigenvalue weighted by Crippen LogP contribution is -2.21. The quantitative estimate of drug-likeness (QED) is 0.664. The second-order valence-corrected chi connectivity index (χ2v) is 5.91. The van der Waals surface area contributed by atoms with Gasteiger partial charge in [-0.3, -0.25) is 9.59 Å². The Morgan fingerprint density at radius 2 is 1.36 bits per heavy atom. The highest BCUT2D eigenvalue weighted by atomic mass is 127. The van der Waals surface area contributed by atoms with Gasteiger partial charge < -0.3 is 16.0 Å². The summed E-state index contributed by atoms with van der Waals surface area (Å²) in [7, 11) is 0. The Labute approximate surface area is 142 Å². The van der Waals surface area contributed by atoms with E-state index in [-0.39, 0.29) is 18.4 Å². The molecule has 0 aliphatic carbocycles. The van der Waals surface area contributed by atoms with Crippen LogP contribution in [-0.4, -0.2) is 18.4 Å². The largest absolute Gasteiger partial charge is 0.376 e. The highest BCUT2D eigenvalue weighted by molar-refractivity contribution is 14.1. The number of nitrogens with one attached hydrogen (secondary N) is 3. The Morgan fingerprint density at radius 1 is 0.864 bits per heavy atom. The molecule has 114 valence electrons. The highest BCUT2D eigenvalue weighted by Gasteiger charge is 2.02. The summed E-state index contributed by atoms with van der Waals surface area (Å²) in [5.41, 5.74) is 2.31. The predicted molar refractivity (Wildman–Crippen MR) is 97.0 cm³/mol. The molecule has 22 heavy (non-hydrogen) atoms. The van der Waals surface area contributed by atoms with Gasteiger partial charge in [0.15, 0.2) is 0 Å². The smallest absolute Gasteiger partial charge is 0.243 e. The summed E-state index contributed by atoms with van der Waals surface area (Å²) in [5, 5.41) is 8.53. The molecule has 0 radical (unpaired) electrons. The van der Waals surface area contributed by atoms with E-state index >= 15 is 0 Å². The first-order valence-electron chi connectivity index (χ1n) is 6.70. The molecule has 0 spiro atoms. The molecule has 5 nitrogen and oxygen atoms in total. The van der Waals surface area contributed by atoms with Gasteiger partial charge in [0.25, 0.3) is 0 Å². The number of carbonyl (C=O) groups is 2. The summed E-state index contributed by atoms with van der Waals surface area (Å²) in [6.07, 6.45) is 0. The van der Waals surface area contributed by atoms with Crippen LogP contribution in [0.2, 0.25) is 0 Å². The number of amides is 2. The Morgan fingerprint density at radius 3 is 1.95 bits per heavy atom. The van der Waals surface area contributed by atoms with Gasteiger partial charge in [0.1, 0.15) is 0 Å². The minimum atomic E-state index is -0.118. The lowest BCUT2D eigenvalue weighted by molar-refractivity contribution is -0.115. The van der Waals surface area contributed by atoms with E-state index < -0.39 is 0 Å². The first kappa shape index (κ1) is 16.3. The lowest BCUT2D eigenvalue weighted by atomic mass is 10.2. The zero-order chi connectivity index (χ0) is 15.9. The number of hydrogen-bond donors (Lipinski definition) is 3. The first-order valence-corrected chi connectivity index (χ1v) is 7.78. The molecular weight excluding hydrogens is 393 g/mol. The van der Waals surface area contributed by atoms with Crippen LogP contribution in [0.25, 0.3) is 0 Å². The van der Waals surface area contributed by atoms with E-state index in [0.717, 1.165) is 20.6 Å². The molecule has 0 aliphatic rings. The van der Waals surface area contributed by atoms with Crippen LogP contribution in [0, 0.1) is 3.57 Å². The average molecular weight is 409 g/mol. The van der Waals surface area contributed by atoms with Gasteiger partial charge in [-0.15, -0.1) is 0 Å². The molecule has 2 amide bonds. The molecular formula is C16H16IN3O2. The van der Waals surface area contributed by atoms with Gasteiger partial charge in [0, 0.05) is 27.6 Å². The number of anilines is 3. The molecule has 0 atom stereocenters. The lowest BCUT2D eigenvalue weighted by Gasteiger charge is -2.09. The first-order chi connectivity index (χ1) is 10.5. The van der Waals surface area contributed by atoms with Gasteiger partial charge in [-0.2, -0.15) is 0 Å². The van der Waals surface area contributed by atoms with Crippen molar-refractivity contribution in [2.24, 2.45) is 0 Å². The number of rotatable bonds is 5. The fraction of sp³-hybridized carbons (Fsp3) is 0.125. The summed E-state index contributed by atoms with van der Waals surface area (Å²) < 4.78 is 1.12. The topological polar surface area (TPSA) is 70.2 Å². The fourth-order valence-corrected chi connectivity index (χ4v) is 2.16. The summed E-state index contributed by atoms with van der Waals surface area (Å²) in [6, 6.07) is 14.8. The third-order valence-electron chi connectivity index (χ3n) is 2.79. The predicted octanol–water partition coefficient (Wildman–Crippen LogP) is 3.30. The van der Waals surface area contributed by atoms with E-state index in [4.69, 9.17) is 0 Å². The Bertz CT molecular complexity index is 654. The molecule has 6 heteroatoms. The van der Waals surface area contributed by atoms with Crippen molar-refractivity contribution in [1.82, 2.24) is 0 Å². The van der Waals surface area contributed by atoms with Gasteiger partial charge in [0.05, 0.1) is 6.54 Å². The molecule has 0 fully saturated rings. The third kappa shape index (κ3) is 5.36. The number of carbonyl (C=O) groups excluding carboxylic acids is 2. The van der Waals surface area contributed by atoms with Crippen molar-refractivity contribution in [2.45, 2.75) is 6.92 Å². The van der Waals surface area contributed by atoms with Crippen molar-refractivity contribution in [1.29, 1.82) is 0 Å². The van der Waals surface area contributed by atoms with Gasteiger partial charge in [-0.1, -0.05) is 0 Å². The zero-order valence-electron chi connectivity index (χ0n) is 12.0. The van der Waals surface area contributed by atoms with E-state index in [9.17, 15) is 9.59 Å². The van der Waals surface area contributed by atoms with Crippen LogP contribution >= 0.6 is 22.6 Å². The van der Waals surface area contributed by atoms with Crippen molar-refractivity contribution >= 4 is 51.5 Å². The van der Waals surface area contributed by atoms with Crippen LogP contribution in [0.3, 0.4) is 0 Å². The molecule has 0 saturated heterocycles. The molecule has 2 aromatic rings. The fourth-order valence-electron chi connectivity index (χ4n) is 1.80. The van der Waals surface area contributed by atoms with Crippen molar-refractivity contribution < 1.29 is 9.59 Å². The highest BCUT2D eigenvalue weighted by Crippen LogP contribution is 2.14. The number of benzene rings is 2. The third-order valence-corrected chi connectivity index (χ3v) is 3.51. The number of hydrogen-bond acceptors (Lipinski definition) is 3. The average Bonchev–Trinajstić information content (AvgIpc) is 2.48. The second kappa shape index (κ2) is 7.79. The van der Waals surface area contributed by atoms with Crippen molar-refractivity contribution in [3.8, 4) is 0 Å². The van der Waals surface area contributed by atoms with Gasteiger partial charge in [-0.25, -0.2) is 0 Å². The summed E-state index contributed by atoms with van der Waals surface area (Å²) in [4.78, 5) is 22.8. The van der Waals surface area contributed by atoms with Gasteiger partial charge in [-0.05, 0) is 71.1 Å². The zero-order valence-corrected chi connectivity index (χ0v) is 14.2. The van der Waals surface area contributed by atoms with Crippen LogP contribution in [-0.2, 0) is 9.59 Å². The maximum Gasteiger partial charge on any atom is 0.243 e. The maximum atomic E-state index is 11.9. The van der Waals surface area contributed by atoms with Crippen molar-refractivity contribution in [3.63, 3.8) is 0 Å². The van der Waals surface area contributed by atoms with E-state index in [1.54, 1.807) is 12.1 Å². The monoisotopic (exact) mass is 409 g/mol. The summed E-state index contributed by atoms with van der Waals surface area (Å²) in [5.74, 6) is -0.232. The Balaban J connectivity index is 1.83. The number of halogens is 1. The molecule has 0 aromatic heterocycles. The molecule has 3 N–H and O–H groups in total. The van der Waals surface area contributed by atoms with Crippen LogP contribution in [0.15, 0.2) is 48.5 Å². The molecule has 0 heterocycles. The van der Waals surface area contributed by atoms with Gasteiger partial charge in [0.2, 0.25) is 11.8 Å². The SMILES string of the molecule is CC(=O)Nc1ccc(NCC(=O)Nc2ccc(I)cc2)cc1. The Kier molecular flexibility index (Phi) is 5.76. The van der Waals surface area contributed by atoms with Crippen molar-refractivity contribution in [3.05, 3.63) is 52.1 Å². The van der Waals surface area contributed by atoms with E-state index in [1.165, 1.54) is 6.92 Å². The van der Waals surface area contributed by atoms with Crippen molar-refractivity contribution in [2.75, 3.05) is 22.5 Å². The molecule has 0 aliphatic heterocycles. The summed E-state index contributed by atoms with van der Waals surface area (Å²) in [6.45, 7) is 1.63. The molecule has 0 unspecified atom stereocenters. The van der Waals surface area contributed by atoms with Crippen LogP contribution in [0.4, 0.5) is 17.1 Å². The molecule has 0 saturated carbocycles. The van der Waals surface area contributed by atoms with Crippen LogP contribution in [0.1, 0.15) is 6.92 Å². The standard InChI is InChI=1S/C16H16IN3O2/c1-11(21)19-14-8-6-13(7-9-14)18-10-16(22)20-15-4-2-12(17)3-5-15/h2-9,18H,10H2,1H3,(H,19,21)(H,20,22). The van der Waals surface area contributed by atoms with Crippen LogP contribution < -0.4 is 16.0 Å². The summed E-state index contributed by atoms with van der Waals surface area (Å²) >= 11 is 2.21. The normalized spacial score (nSPS) is 9.91. The van der Waals surface area contributed by atoms with Gasteiger partial charge >= 0.3 is 0 Å². The molecule has 2 aromatic carbocycles. The Hall–Kier alpha value is -2.09. The molecule has 2 rings (SSSR count). The minimum absolute atomic E-state index is 0.113. The minimum Gasteiger partial charge on any atom is -0.376 e. The second-order valence-electron chi connectivity index (χ2n) is 4.67. The van der Waals surface area contributed by atoms with Crippen LogP contribution in [0.5, 0.6) is 0 Å². The van der Waals surface area contributed by atoms with E-state index in [1.807, 2.05) is 36.4 Å². The molecule has 0 bridgehead atoms.